The first kappa shape index (κ1) is 12.4. The van der Waals surface area contributed by atoms with Crippen LogP contribution in [-0.4, -0.2) is 18.0 Å². The lowest BCUT2D eigenvalue weighted by molar-refractivity contribution is 0.104. The summed E-state index contributed by atoms with van der Waals surface area (Å²) in [6, 6.07) is 6.71. The van der Waals surface area contributed by atoms with Crippen molar-refractivity contribution in [3.63, 3.8) is 0 Å². The Hall–Kier alpha value is -2.07. The molecular formula is C14H12O3S. The van der Waals surface area contributed by atoms with Gasteiger partial charge in [-0.1, -0.05) is 12.1 Å². The van der Waals surface area contributed by atoms with Crippen molar-refractivity contribution in [3.05, 3.63) is 52.2 Å². The minimum absolute atomic E-state index is 0.0386. The van der Waals surface area contributed by atoms with Gasteiger partial charge in [0.1, 0.15) is 0 Å². The minimum atomic E-state index is -0.0386. The summed E-state index contributed by atoms with van der Waals surface area (Å²) in [5.41, 5.74) is 1.48. The van der Waals surface area contributed by atoms with Crippen LogP contribution in [0.15, 0.2) is 41.1 Å². The summed E-state index contributed by atoms with van der Waals surface area (Å²) >= 11 is 1.49. The van der Waals surface area contributed by atoms with E-state index in [4.69, 9.17) is 4.74 Å². The second-order valence-electron chi connectivity index (χ2n) is 3.64. The molecule has 0 fully saturated rings. The van der Waals surface area contributed by atoms with Gasteiger partial charge in [-0.3, -0.25) is 4.79 Å². The van der Waals surface area contributed by atoms with E-state index in [0.29, 0.717) is 11.3 Å². The van der Waals surface area contributed by atoms with Gasteiger partial charge in [-0.15, -0.1) is 0 Å². The smallest absolute Gasteiger partial charge is 0.186 e. The first-order valence-electron chi connectivity index (χ1n) is 5.32. The van der Waals surface area contributed by atoms with Crippen LogP contribution in [0.1, 0.15) is 15.9 Å². The number of allylic oxidation sites excluding steroid dienone is 1. The summed E-state index contributed by atoms with van der Waals surface area (Å²) in [4.78, 5) is 11.7. The summed E-state index contributed by atoms with van der Waals surface area (Å²) in [7, 11) is 1.49. The van der Waals surface area contributed by atoms with E-state index < -0.39 is 0 Å². The zero-order valence-electron chi connectivity index (χ0n) is 9.79. The number of hydrogen-bond donors (Lipinski definition) is 1. The molecule has 2 aromatic rings. The van der Waals surface area contributed by atoms with Crippen LogP contribution < -0.4 is 4.74 Å². The van der Waals surface area contributed by atoms with Gasteiger partial charge >= 0.3 is 0 Å². The molecule has 1 aromatic carbocycles. The molecule has 1 aromatic heterocycles. The van der Waals surface area contributed by atoms with Gasteiger partial charge in [-0.25, -0.2) is 0 Å². The predicted molar refractivity (Wildman–Crippen MR) is 72.3 cm³/mol. The monoisotopic (exact) mass is 260 g/mol. The van der Waals surface area contributed by atoms with Crippen molar-refractivity contribution in [2.45, 2.75) is 0 Å². The fourth-order valence-electron chi connectivity index (χ4n) is 1.47. The van der Waals surface area contributed by atoms with E-state index in [1.807, 2.05) is 10.8 Å². The molecule has 0 aliphatic heterocycles. The molecule has 0 aliphatic carbocycles. The van der Waals surface area contributed by atoms with Crippen LogP contribution in [0.3, 0.4) is 0 Å². The highest BCUT2D eigenvalue weighted by Crippen LogP contribution is 2.26. The number of aromatic hydroxyl groups is 1. The van der Waals surface area contributed by atoms with Gasteiger partial charge in [-0.05, 0) is 35.2 Å². The predicted octanol–water partition coefficient (Wildman–Crippen LogP) is 3.36. The average molecular weight is 260 g/mol. The number of ketones is 1. The molecule has 1 heterocycles. The zero-order chi connectivity index (χ0) is 13.0. The van der Waals surface area contributed by atoms with Crippen LogP contribution in [0.25, 0.3) is 6.08 Å². The number of rotatable bonds is 4. The molecule has 4 heteroatoms. The number of benzene rings is 1. The third kappa shape index (κ3) is 2.78. The Morgan fingerprint density at radius 2 is 2.22 bits per heavy atom. The molecule has 0 aliphatic rings. The maximum atomic E-state index is 11.7. The van der Waals surface area contributed by atoms with Crippen molar-refractivity contribution < 1.29 is 14.6 Å². The molecule has 0 spiro atoms. The van der Waals surface area contributed by atoms with Crippen LogP contribution in [0, 0.1) is 0 Å². The highest BCUT2D eigenvalue weighted by Gasteiger charge is 2.03. The number of phenolic OH excluding ortho intramolecular Hbond substituents is 1. The summed E-state index contributed by atoms with van der Waals surface area (Å²) in [5.74, 6) is 0.433. The van der Waals surface area contributed by atoms with E-state index in [2.05, 4.69) is 0 Å². The van der Waals surface area contributed by atoms with Crippen LogP contribution in [0.4, 0.5) is 0 Å². The van der Waals surface area contributed by atoms with Crippen molar-refractivity contribution in [1.29, 1.82) is 0 Å². The van der Waals surface area contributed by atoms with E-state index in [0.717, 1.165) is 5.56 Å². The summed E-state index contributed by atoms with van der Waals surface area (Å²) in [5, 5.41) is 13.1. The first-order valence-corrected chi connectivity index (χ1v) is 6.26. The highest BCUT2D eigenvalue weighted by atomic mass is 32.1. The molecule has 0 unspecified atom stereocenters. The Kier molecular flexibility index (Phi) is 3.79. The van der Waals surface area contributed by atoms with Crippen molar-refractivity contribution in [3.8, 4) is 11.5 Å². The Bertz CT molecular complexity index is 571. The number of thiophene rings is 1. The molecular weight excluding hydrogens is 248 g/mol. The standard InChI is InChI=1S/C14H12O3S/c1-17-14-8-10(3-5-13(14)16)2-4-12(15)11-6-7-18-9-11/h2-9,16H,1H3. The molecule has 0 atom stereocenters. The second kappa shape index (κ2) is 5.51. The third-order valence-electron chi connectivity index (χ3n) is 2.44. The summed E-state index contributed by atoms with van der Waals surface area (Å²) in [6.45, 7) is 0. The molecule has 0 bridgehead atoms. The van der Waals surface area contributed by atoms with Gasteiger partial charge in [0.2, 0.25) is 0 Å². The van der Waals surface area contributed by atoms with Crippen LogP contribution in [-0.2, 0) is 0 Å². The molecule has 0 amide bonds. The quantitative estimate of drug-likeness (QED) is 0.677. The van der Waals surface area contributed by atoms with Crippen molar-refractivity contribution in [2.75, 3.05) is 7.11 Å². The molecule has 0 radical (unpaired) electrons. The normalized spacial score (nSPS) is 10.7. The van der Waals surface area contributed by atoms with Crippen LogP contribution in [0.2, 0.25) is 0 Å². The molecule has 2 rings (SSSR count). The van der Waals surface area contributed by atoms with E-state index in [9.17, 15) is 9.90 Å². The van der Waals surface area contributed by atoms with Gasteiger partial charge in [0.15, 0.2) is 17.3 Å². The number of hydrogen-bond acceptors (Lipinski definition) is 4. The molecule has 3 nitrogen and oxygen atoms in total. The van der Waals surface area contributed by atoms with E-state index in [1.165, 1.54) is 30.6 Å². The van der Waals surface area contributed by atoms with Gasteiger partial charge in [0.05, 0.1) is 7.11 Å². The summed E-state index contributed by atoms with van der Waals surface area (Å²) in [6.07, 6.45) is 3.20. The molecule has 0 saturated carbocycles. The number of ether oxygens (including phenoxy) is 1. The summed E-state index contributed by atoms with van der Waals surface area (Å²) < 4.78 is 5.00. The van der Waals surface area contributed by atoms with Gasteiger partial charge in [0.25, 0.3) is 0 Å². The Balaban J connectivity index is 2.16. The first-order chi connectivity index (χ1) is 8.70. The van der Waals surface area contributed by atoms with E-state index in [1.54, 1.807) is 24.3 Å². The average Bonchev–Trinajstić information content (AvgIpc) is 2.91. The Morgan fingerprint density at radius 3 is 2.89 bits per heavy atom. The second-order valence-corrected chi connectivity index (χ2v) is 4.42. The molecule has 0 saturated heterocycles. The van der Waals surface area contributed by atoms with E-state index in [-0.39, 0.29) is 11.5 Å². The van der Waals surface area contributed by atoms with Crippen molar-refractivity contribution >= 4 is 23.2 Å². The lowest BCUT2D eigenvalue weighted by Crippen LogP contribution is -1.90. The third-order valence-corrected chi connectivity index (χ3v) is 3.12. The van der Waals surface area contributed by atoms with Crippen LogP contribution >= 0.6 is 11.3 Å². The fraction of sp³-hybridized carbons (Fsp3) is 0.0714. The number of methoxy groups -OCH3 is 1. The molecule has 92 valence electrons. The lowest BCUT2D eigenvalue weighted by Gasteiger charge is -2.03. The number of carbonyl (C=O) groups is 1. The zero-order valence-corrected chi connectivity index (χ0v) is 10.6. The Morgan fingerprint density at radius 1 is 1.39 bits per heavy atom. The SMILES string of the molecule is COc1cc(C=CC(=O)c2ccsc2)ccc1O. The fourth-order valence-corrected chi connectivity index (χ4v) is 2.12. The van der Waals surface area contributed by atoms with E-state index >= 15 is 0 Å². The number of carbonyl (C=O) groups excluding carboxylic acids is 1. The van der Waals surface area contributed by atoms with Gasteiger partial charge in [-0.2, -0.15) is 11.3 Å². The van der Waals surface area contributed by atoms with Crippen molar-refractivity contribution in [2.24, 2.45) is 0 Å². The minimum Gasteiger partial charge on any atom is -0.504 e. The molecule has 1 N–H and O–H groups in total. The maximum absolute atomic E-state index is 11.7. The van der Waals surface area contributed by atoms with Crippen LogP contribution in [0.5, 0.6) is 11.5 Å². The van der Waals surface area contributed by atoms with Gasteiger partial charge in [0, 0.05) is 10.9 Å². The van der Waals surface area contributed by atoms with Crippen molar-refractivity contribution in [1.82, 2.24) is 0 Å². The topological polar surface area (TPSA) is 46.5 Å². The van der Waals surface area contributed by atoms with Gasteiger partial charge < -0.3 is 9.84 Å². The Labute approximate surface area is 109 Å². The largest absolute Gasteiger partial charge is 0.504 e. The number of phenols is 1. The highest BCUT2D eigenvalue weighted by molar-refractivity contribution is 7.08. The molecule has 18 heavy (non-hydrogen) atoms. The lowest BCUT2D eigenvalue weighted by atomic mass is 10.1. The maximum Gasteiger partial charge on any atom is 0.186 e.